The van der Waals surface area contributed by atoms with Crippen molar-refractivity contribution in [3.63, 3.8) is 0 Å². The summed E-state index contributed by atoms with van der Waals surface area (Å²) < 4.78 is 0. The zero-order valence-corrected chi connectivity index (χ0v) is 13.7. The molecule has 0 bridgehead atoms. The van der Waals surface area contributed by atoms with Crippen LogP contribution in [0.5, 0.6) is 0 Å². The van der Waals surface area contributed by atoms with E-state index < -0.39 is 0 Å². The highest BCUT2D eigenvalue weighted by Crippen LogP contribution is 2.20. The van der Waals surface area contributed by atoms with Crippen LogP contribution in [0.25, 0.3) is 0 Å². The Morgan fingerprint density at radius 3 is 2.24 bits per heavy atom. The predicted octanol–water partition coefficient (Wildman–Crippen LogP) is 2.18. The summed E-state index contributed by atoms with van der Waals surface area (Å²) in [5.41, 5.74) is 1.75. The summed E-state index contributed by atoms with van der Waals surface area (Å²) in [6.45, 7) is 1.41. The van der Waals surface area contributed by atoms with Gasteiger partial charge in [0, 0.05) is 36.7 Å². The molecule has 7 heteroatoms. The highest BCUT2D eigenvalue weighted by atomic mass is 16.2. The molecule has 0 radical (unpaired) electrons. The van der Waals surface area contributed by atoms with E-state index >= 15 is 0 Å². The Morgan fingerprint density at radius 2 is 1.60 bits per heavy atom. The van der Waals surface area contributed by atoms with Gasteiger partial charge in [-0.25, -0.2) is 0 Å². The Hall–Kier alpha value is -3.22. The molecule has 1 saturated carbocycles. The SMILES string of the molecule is CC(=O)Nc1cccc(NC(=O)c2cncc(C(=O)NC3CC3)c2)c1. The van der Waals surface area contributed by atoms with Crippen LogP contribution in [0.4, 0.5) is 11.4 Å². The second kappa shape index (κ2) is 7.12. The number of amides is 3. The molecule has 0 aliphatic heterocycles. The lowest BCUT2D eigenvalue weighted by atomic mass is 10.1. The fourth-order valence-electron chi connectivity index (χ4n) is 2.27. The van der Waals surface area contributed by atoms with E-state index in [0.29, 0.717) is 16.9 Å². The molecule has 1 aromatic heterocycles. The van der Waals surface area contributed by atoms with Gasteiger partial charge in [-0.2, -0.15) is 0 Å². The summed E-state index contributed by atoms with van der Waals surface area (Å²) >= 11 is 0. The molecule has 1 fully saturated rings. The molecule has 1 aliphatic carbocycles. The Morgan fingerprint density at radius 1 is 0.960 bits per heavy atom. The predicted molar refractivity (Wildman–Crippen MR) is 93.4 cm³/mol. The molecule has 2 aromatic rings. The summed E-state index contributed by atoms with van der Waals surface area (Å²) in [6, 6.07) is 8.55. The van der Waals surface area contributed by atoms with Crippen molar-refractivity contribution < 1.29 is 14.4 Å². The van der Waals surface area contributed by atoms with Crippen molar-refractivity contribution in [1.82, 2.24) is 10.3 Å². The summed E-state index contributed by atoms with van der Waals surface area (Å²) in [7, 11) is 0. The molecule has 1 aliphatic rings. The topological polar surface area (TPSA) is 100 Å². The average molecular weight is 338 g/mol. The molecule has 0 unspecified atom stereocenters. The van der Waals surface area contributed by atoms with Gasteiger partial charge in [0.05, 0.1) is 11.1 Å². The van der Waals surface area contributed by atoms with Gasteiger partial charge in [0.25, 0.3) is 11.8 Å². The van der Waals surface area contributed by atoms with E-state index in [2.05, 4.69) is 20.9 Å². The first kappa shape index (κ1) is 16.6. The minimum absolute atomic E-state index is 0.193. The molecule has 25 heavy (non-hydrogen) atoms. The van der Waals surface area contributed by atoms with E-state index in [-0.39, 0.29) is 29.3 Å². The zero-order chi connectivity index (χ0) is 17.8. The van der Waals surface area contributed by atoms with Gasteiger partial charge in [-0.3, -0.25) is 19.4 Å². The lowest BCUT2D eigenvalue weighted by Gasteiger charge is -2.09. The maximum Gasteiger partial charge on any atom is 0.257 e. The highest BCUT2D eigenvalue weighted by Gasteiger charge is 2.24. The molecule has 0 saturated heterocycles. The van der Waals surface area contributed by atoms with E-state index in [9.17, 15) is 14.4 Å². The second-order valence-electron chi connectivity index (χ2n) is 5.93. The van der Waals surface area contributed by atoms with Crippen LogP contribution < -0.4 is 16.0 Å². The lowest BCUT2D eigenvalue weighted by Crippen LogP contribution is -2.26. The number of benzene rings is 1. The summed E-state index contributed by atoms with van der Waals surface area (Å²) in [6.07, 6.45) is 4.82. The zero-order valence-electron chi connectivity index (χ0n) is 13.7. The van der Waals surface area contributed by atoms with Gasteiger partial charge in [-0.15, -0.1) is 0 Å². The third-order valence-electron chi connectivity index (χ3n) is 3.62. The number of hydrogen-bond donors (Lipinski definition) is 3. The number of nitrogens with one attached hydrogen (secondary N) is 3. The molecule has 3 N–H and O–H groups in total. The van der Waals surface area contributed by atoms with Crippen LogP contribution in [0.15, 0.2) is 42.7 Å². The number of nitrogens with zero attached hydrogens (tertiary/aromatic N) is 1. The number of hydrogen-bond acceptors (Lipinski definition) is 4. The molecule has 0 spiro atoms. The van der Waals surface area contributed by atoms with Gasteiger partial charge in [0.15, 0.2) is 0 Å². The van der Waals surface area contributed by atoms with Crippen LogP contribution in [-0.2, 0) is 4.79 Å². The van der Waals surface area contributed by atoms with E-state index in [1.54, 1.807) is 24.3 Å². The molecular formula is C18H18N4O3. The van der Waals surface area contributed by atoms with Crippen LogP contribution in [0, 0.1) is 0 Å². The first-order valence-electron chi connectivity index (χ1n) is 7.96. The minimum atomic E-state index is -0.381. The average Bonchev–Trinajstić information content (AvgIpc) is 3.38. The normalized spacial score (nSPS) is 13.0. The lowest BCUT2D eigenvalue weighted by molar-refractivity contribution is -0.114. The van der Waals surface area contributed by atoms with Crippen LogP contribution >= 0.6 is 0 Å². The molecule has 0 atom stereocenters. The number of anilines is 2. The largest absolute Gasteiger partial charge is 0.349 e. The van der Waals surface area contributed by atoms with Gasteiger partial charge in [0.2, 0.25) is 5.91 Å². The third kappa shape index (κ3) is 4.63. The summed E-state index contributed by atoms with van der Waals surface area (Å²) in [5, 5.41) is 8.24. The third-order valence-corrected chi connectivity index (χ3v) is 3.62. The maximum atomic E-state index is 12.4. The minimum Gasteiger partial charge on any atom is -0.349 e. The number of carbonyl (C=O) groups excluding carboxylic acids is 3. The summed E-state index contributed by atoms with van der Waals surface area (Å²) in [4.78, 5) is 39.5. The molecule has 1 heterocycles. The van der Waals surface area contributed by atoms with E-state index in [0.717, 1.165) is 12.8 Å². The van der Waals surface area contributed by atoms with Crippen molar-refractivity contribution in [1.29, 1.82) is 0 Å². The Balaban J connectivity index is 1.70. The molecule has 3 amide bonds. The van der Waals surface area contributed by atoms with Crippen LogP contribution in [-0.4, -0.2) is 28.7 Å². The molecule has 7 nitrogen and oxygen atoms in total. The van der Waals surface area contributed by atoms with Gasteiger partial charge < -0.3 is 16.0 Å². The Labute approximate surface area is 144 Å². The van der Waals surface area contributed by atoms with Crippen molar-refractivity contribution in [3.8, 4) is 0 Å². The number of carbonyl (C=O) groups is 3. The number of pyridine rings is 1. The molecule has 3 rings (SSSR count). The fraction of sp³-hybridized carbons (Fsp3) is 0.222. The molecular weight excluding hydrogens is 320 g/mol. The van der Waals surface area contributed by atoms with Gasteiger partial charge in [-0.1, -0.05) is 6.07 Å². The van der Waals surface area contributed by atoms with Crippen molar-refractivity contribution in [2.75, 3.05) is 10.6 Å². The van der Waals surface area contributed by atoms with Crippen molar-refractivity contribution in [3.05, 3.63) is 53.9 Å². The number of aromatic nitrogens is 1. The van der Waals surface area contributed by atoms with Crippen LogP contribution in [0.3, 0.4) is 0 Å². The monoisotopic (exact) mass is 338 g/mol. The summed E-state index contributed by atoms with van der Waals surface area (Å²) in [5.74, 6) is -0.798. The number of rotatable bonds is 5. The van der Waals surface area contributed by atoms with Crippen molar-refractivity contribution in [2.24, 2.45) is 0 Å². The van der Waals surface area contributed by atoms with Crippen molar-refractivity contribution in [2.45, 2.75) is 25.8 Å². The van der Waals surface area contributed by atoms with E-state index in [4.69, 9.17) is 0 Å². The smallest absolute Gasteiger partial charge is 0.257 e. The van der Waals surface area contributed by atoms with Crippen LogP contribution in [0.1, 0.15) is 40.5 Å². The van der Waals surface area contributed by atoms with Gasteiger partial charge in [0.1, 0.15) is 0 Å². The van der Waals surface area contributed by atoms with Crippen LogP contribution in [0.2, 0.25) is 0 Å². The first-order chi connectivity index (χ1) is 12.0. The van der Waals surface area contributed by atoms with E-state index in [1.165, 1.54) is 25.4 Å². The maximum absolute atomic E-state index is 12.4. The van der Waals surface area contributed by atoms with E-state index in [1.807, 2.05) is 0 Å². The molecule has 1 aromatic carbocycles. The van der Waals surface area contributed by atoms with Crippen molar-refractivity contribution >= 4 is 29.1 Å². The fourth-order valence-corrected chi connectivity index (χ4v) is 2.27. The standard InChI is InChI=1S/C18H18N4O3/c1-11(23)20-15-3-2-4-16(8-15)22-18(25)13-7-12(9-19-10-13)17(24)21-14-5-6-14/h2-4,7-10,14H,5-6H2,1H3,(H,20,23)(H,21,24)(H,22,25). The molecule has 128 valence electrons. The van der Waals surface area contributed by atoms with Gasteiger partial charge in [-0.05, 0) is 37.1 Å². The highest BCUT2D eigenvalue weighted by molar-refractivity contribution is 6.06. The quantitative estimate of drug-likeness (QED) is 0.778. The Bertz CT molecular complexity index is 831. The van der Waals surface area contributed by atoms with Gasteiger partial charge >= 0.3 is 0 Å². The first-order valence-corrected chi connectivity index (χ1v) is 7.96. The Kier molecular flexibility index (Phi) is 4.74. The second-order valence-corrected chi connectivity index (χ2v) is 5.93.